The van der Waals surface area contributed by atoms with Crippen LogP contribution in [0.2, 0.25) is 0 Å². The van der Waals surface area contributed by atoms with Crippen LogP contribution in [-0.2, 0) is 0 Å². The van der Waals surface area contributed by atoms with Crippen LogP contribution in [0.25, 0.3) is 10.9 Å². The smallest absolute Gasteiger partial charge is 0.0954 e. The van der Waals surface area contributed by atoms with Crippen LogP contribution in [0, 0.1) is 5.41 Å². The van der Waals surface area contributed by atoms with Crippen molar-refractivity contribution in [1.29, 1.82) is 0 Å². The van der Waals surface area contributed by atoms with Crippen LogP contribution in [0.1, 0.15) is 27.2 Å². The number of nitrogen functional groups attached to an aromatic ring is 1. The molecule has 0 bridgehead atoms. The Hall–Kier alpha value is -1.29. The van der Waals surface area contributed by atoms with Crippen molar-refractivity contribution in [2.75, 3.05) is 17.6 Å². The Morgan fingerprint density at radius 2 is 2.05 bits per heavy atom. The van der Waals surface area contributed by atoms with Gasteiger partial charge in [-0.3, -0.25) is 4.98 Å². The summed E-state index contributed by atoms with van der Waals surface area (Å²) in [5.41, 5.74) is 9.05. The molecule has 0 aliphatic heterocycles. The largest absolute Gasteiger partial charge is 0.398 e. The lowest BCUT2D eigenvalue weighted by Crippen LogP contribution is -2.13. The van der Waals surface area contributed by atoms with E-state index >= 15 is 0 Å². The molecule has 0 saturated carbocycles. The van der Waals surface area contributed by atoms with Gasteiger partial charge in [-0.25, -0.2) is 0 Å². The van der Waals surface area contributed by atoms with Crippen molar-refractivity contribution in [3.8, 4) is 0 Å². The highest BCUT2D eigenvalue weighted by Crippen LogP contribution is 2.29. The van der Waals surface area contributed by atoms with Gasteiger partial charge in [0, 0.05) is 28.3 Å². The zero-order valence-corrected chi connectivity index (χ0v) is 13.2. The summed E-state index contributed by atoms with van der Waals surface area (Å²) in [6.07, 6.45) is 2.91. The summed E-state index contributed by atoms with van der Waals surface area (Å²) in [7, 11) is 0. The van der Waals surface area contributed by atoms with E-state index in [-0.39, 0.29) is 0 Å². The van der Waals surface area contributed by atoms with E-state index in [1.165, 1.54) is 0 Å². The van der Waals surface area contributed by atoms with E-state index in [4.69, 9.17) is 5.73 Å². The predicted molar refractivity (Wildman–Crippen MR) is 86.4 cm³/mol. The molecule has 0 unspecified atom stereocenters. The third kappa shape index (κ3) is 3.60. The fraction of sp³-hybridized carbons (Fsp3) is 0.400. The molecule has 3 nitrogen and oxygen atoms in total. The average Bonchev–Trinajstić information content (AvgIpc) is 2.31. The molecular weight excluding hydrogens is 302 g/mol. The molecule has 0 aliphatic rings. The number of nitrogens with one attached hydrogen (secondary N) is 1. The molecule has 0 spiro atoms. The second-order valence-corrected chi connectivity index (χ2v) is 6.91. The summed E-state index contributed by atoms with van der Waals surface area (Å²) in [6, 6.07) is 5.93. The minimum atomic E-state index is 0.326. The minimum absolute atomic E-state index is 0.326. The number of anilines is 2. The molecule has 2 aromatic rings. The number of halogens is 1. The first-order chi connectivity index (χ1) is 8.87. The Kier molecular flexibility index (Phi) is 3.99. The Balaban J connectivity index is 2.27. The lowest BCUT2D eigenvalue weighted by molar-refractivity contribution is 0.390. The Morgan fingerprint density at radius 1 is 1.32 bits per heavy atom. The molecule has 102 valence electrons. The first kappa shape index (κ1) is 14.1. The molecule has 0 saturated heterocycles. The molecular formula is C15H20BrN3. The number of pyridine rings is 1. The second-order valence-electron chi connectivity index (χ2n) is 5.99. The van der Waals surface area contributed by atoms with Crippen molar-refractivity contribution in [2.45, 2.75) is 27.2 Å². The van der Waals surface area contributed by atoms with Crippen LogP contribution < -0.4 is 11.1 Å². The molecule has 0 fully saturated rings. The van der Waals surface area contributed by atoms with Crippen molar-refractivity contribution in [3.05, 3.63) is 28.9 Å². The number of nitrogens with two attached hydrogens (primary N) is 1. The lowest BCUT2D eigenvalue weighted by atomic mass is 9.92. The number of nitrogens with zero attached hydrogens (tertiary/aromatic N) is 1. The summed E-state index contributed by atoms with van der Waals surface area (Å²) in [5, 5.41) is 4.44. The summed E-state index contributed by atoms with van der Waals surface area (Å²) in [4.78, 5) is 4.47. The molecule has 0 radical (unpaired) electrons. The van der Waals surface area contributed by atoms with E-state index in [1.807, 2.05) is 18.2 Å². The quantitative estimate of drug-likeness (QED) is 0.822. The monoisotopic (exact) mass is 321 g/mol. The highest BCUT2D eigenvalue weighted by atomic mass is 79.9. The van der Waals surface area contributed by atoms with Gasteiger partial charge in [0.05, 0.1) is 11.2 Å². The van der Waals surface area contributed by atoms with E-state index in [2.05, 4.69) is 47.0 Å². The van der Waals surface area contributed by atoms with Gasteiger partial charge in [0.2, 0.25) is 0 Å². The fourth-order valence-electron chi connectivity index (χ4n) is 1.93. The number of fused-ring (bicyclic) bond motifs is 1. The molecule has 2 rings (SSSR count). The second kappa shape index (κ2) is 5.37. The van der Waals surface area contributed by atoms with Gasteiger partial charge in [0.25, 0.3) is 0 Å². The third-order valence-electron chi connectivity index (χ3n) is 3.04. The summed E-state index contributed by atoms with van der Waals surface area (Å²) in [6.45, 7) is 7.65. The number of aromatic nitrogens is 1. The minimum Gasteiger partial charge on any atom is -0.398 e. The van der Waals surface area contributed by atoms with Gasteiger partial charge in [0.1, 0.15) is 0 Å². The highest BCUT2D eigenvalue weighted by molar-refractivity contribution is 9.10. The van der Waals surface area contributed by atoms with Crippen molar-refractivity contribution in [2.24, 2.45) is 5.41 Å². The maximum absolute atomic E-state index is 6.00. The molecule has 1 aromatic heterocycles. The summed E-state index contributed by atoms with van der Waals surface area (Å²) in [5.74, 6) is 0. The number of hydrogen-bond donors (Lipinski definition) is 2. The molecule has 1 aromatic carbocycles. The van der Waals surface area contributed by atoms with E-state index in [0.29, 0.717) is 5.41 Å². The first-order valence-corrected chi connectivity index (χ1v) is 7.24. The SMILES string of the molecule is CC(C)(C)CCNc1ccc(N)c2cc(Br)cnc12. The van der Waals surface area contributed by atoms with Gasteiger partial charge in [0.15, 0.2) is 0 Å². The molecule has 4 heteroatoms. The molecule has 0 amide bonds. The Labute approximate surface area is 122 Å². The number of benzene rings is 1. The van der Waals surface area contributed by atoms with Crippen molar-refractivity contribution >= 4 is 38.2 Å². The zero-order chi connectivity index (χ0) is 14.0. The van der Waals surface area contributed by atoms with Gasteiger partial charge in [-0.2, -0.15) is 0 Å². The third-order valence-corrected chi connectivity index (χ3v) is 3.47. The fourth-order valence-corrected chi connectivity index (χ4v) is 2.26. The standard InChI is InChI=1S/C15H20BrN3/c1-15(2,3)6-7-18-13-5-4-12(17)11-8-10(16)9-19-14(11)13/h4-5,8-9,18H,6-7,17H2,1-3H3. The Morgan fingerprint density at radius 3 is 2.74 bits per heavy atom. The van der Waals surface area contributed by atoms with Crippen LogP contribution in [0.4, 0.5) is 11.4 Å². The van der Waals surface area contributed by atoms with Gasteiger partial charge >= 0.3 is 0 Å². The van der Waals surface area contributed by atoms with Crippen LogP contribution in [0.15, 0.2) is 28.9 Å². The van der Waals surface area contributed by atoms with Gasteiger partial charge in [-0.05, 0) is 46.0 Å². The number of rotatable bonds is 3. The van der Waals surface area contributed by atoms with Crippen molar-refractivity contribution in [3.63, 3.8) is 0 Å². The maximum Gasteiger partial charge on any atom is 0.0954 e. The predicted octanol–water partition coefficient (Wildman–Crippen LogP) is 4.43. The van der Waals surface area contributed by atoms with E-state index in [0.717, 1.165) is 39.7 Å². The van der Waals surface area contributed by atoms with Crippen LogP contribution >= 0.6 is 15.9 Å². The maximum atomic E-state index is 6.00. The Bertz CT molecular complexity index is 588. The van der Waals surface area contributed by atoms with E-state index in [9.17, 15) is 0 Å². The normalized spacial score (nSPS) is 11.8. The molecule has 0 aliphatic carbocycles. The van der Waals surface area contributed by atoms with Gasteiger partial charge in [-0.15, -0.1) is 0 Å². The molecule has 1 heterocycles. The van der Waals surface area contributed by atoms with Crippen molar-refractivity contribution < 1.29 is 0 Å². The van der Waals surface area contributed by atoms with Crippen LogP contribution in [0.3, 0.4) is 0 Å². The van der Waals surface area contributed by atoms with Crippen molar-refractivity contribution in [1.82, 2.24) is 4.98 Å². The van der Waals surface area contributed by atoms with E-state index in [1.54, 1.807) is 6.20 Å². The molecule has 19 heavy (non-hydrogen) atoms. The average molecular weight is 322 g/mol. The van der Waals surface area contributed by atoms with Gasteiger partial charge < -0.3 is 11.1 Å². The zero-order valence-electron chi connectivity index (χ0n) is 11.6. The number of hydrogen-bond acceptors (Lipinski definition) is 3. The summed E-state index contributed by atoms with van der Waals surface area (Å²) >= 11 is 3.43. The highest BCUT2D eigenvalue weighted by Gasteiger charge is 2.10. The van der Waals surface area contributed by atoms with E-state index < -0.39 is 0 Å². The first-order valence-electron chi connectivity index (χ1n) is 6.44. The van der Waals surface area contributed by atoms with Crippen LogP contribution in [0.5, 0.6) is 0 Å². The summed E-state index contributed by atoms with van der Waals surface area (Å²) < 4.78 is 0.943. The topological polar surface area (TPSA) is 50.9 Å². The van der Waals surface area contributed by atoms with Crippen LogP contribution in [-0.4, -0.2) is 11.5 Å². The molecule has 0 atom stereocenters. The molecule has 3 N–H and O–H groups in total. The lowest BCUT2D eigenvalue weighted by Gasteiger charge is -2.19. The van der Waals surface area contributed by atoms with Gasteiger partial charge in [-0.1, -0.05) is 20.8 Å².